The van der Waals surface area contributed by atoms with Crippen LogP contribution in [0.25, 0.3) is 0 Å². The van der Waals surface area contributed by atoms with E-state index in [1.165, 1.54) is 22.3 Å². The summed E-state index contributed by atoms with van der Waals surface area (Å²) >= 11 is 0. The maximum absolute atomic E-state index is 2.73. The Morgan fingerprint density at radius 3 is 0.705 bits per heavy atom. The van der Waals surface area contributed by atoms with Gasteiger partial charge in [0.15, 0.2) is 0 Å². The van der Waals surface area contributed by atoms with Gasteiger partial charge in [0.2, 0.25) is 0 Å². The first kappa shape index (κ1) is 32.1. The third kappa shape index (κ3) is 9.36. The summed E-state index contributed by atoms with van der Waals surface area (Å²) in [6.07, 6.45) is 0. The Hall–Kier alpha value is -3.28. The second-order valence-corrected chi connectivity index (χ2v) is 13.1. The van der Waals surface area contributed by atoms with Gasteiger partial charge in [0.05, 0.1) is 0 Å². The Bertz CT molecular complexity index is 1130. The van der Waals surface area contributed by atoms with Crippen LogP contribution >= 0.6 is 0 Å². The second-order valence-electron chi connectivity index (χ2n) is 13.1. The van der Waals surface area contributed by atoms with E-state index in [-0.39, 0.29) is 0 Å². The molecular formula is C40H52N4. The van der Waals surface area contributed by atoms with Crippen LogP contribution in [-0.4, -0.2) is 69.9 Å². The third-order valence-corrected chi connectivity index (χ3v) is 9.40. The molecular weight excluding hydrogens is 536 g/mol. The predicted octanol–water partition coefficient (Wildman–Crippen LogP) is 7.56. The van der Waals surface area contributed by atoms with Gasteiger partial charge in [-0.05, 0) is 49.9 Å². The molecule has 232 valence electrons. The molecule has 1 heterocycles. The number of hydrogen-bond donors (Lipinski definition) is 0. The minimum absolute atomic E-state index is 0.404. The van der Waals surface area contributed by atoms with Crippen molar-refractivity contribution in [3.63, 3.8) is 0 Å². The van der Waals surface area contributed by atoms with Crippen LogP contribution in [0.5, 0.6) is 0 Å². The van der Waals surface area contributed by atoms with Gasteiger partial charge in [-0.2, -0.15) is 0 Å². The molecule has 4 heteroatoms. The number of rotatable bonds is 8. The van der Waals surface area contributed by atoms with Crippen LogP contribution in [0, 0.1) is 0 Å². The summed E-state index contributed by atoms with van der Waals surface area (Å²) in [7, 11) is 0. The molecule has 4 aromatic rings. The van der Waals surface area contributed by atoms with Gasteiger partial charge in [0, 0.05) is 76.5 Å². The third-order valence-electron chi connectivity index (χ3n) is 9.40. The monoisotopic (exact) mass is 588 g/mol. The summed E-state index contributed by atoms with van der Waals surface area (Å²) in [5.74, 6) is 0. The van der Waals surface area contributed by atoms with E-state index in [9.17, 15) is 0 Å². The quantitative estimate of drug-likeness (QED) is 0.211. The van der Waals surface area contributed by atoms with Gasteiger partial charge in [-0.15, -0.1) is 0 Å². The lowest BCUT2D eigenvalue weighted by Crippen LogP contribution is -2.55. The lowest BCUT2D eigenvalue weighted by atomic mass is 10.1. The minimum atomic E-state index is 0.404. The van der Waals surface area contributed by atoms with Crippen LogP contribution in [0.4, 0.5) is 0 Å². The van der Waals surface area contributed by atoms with Gasteiger partial charge in [0.25, 0.3) is 0 Å². The summed E-state index contributed by atoms with van der Waals surface area (Å²) in [6, 6.07) is 45.8. The normalized spacial score (nSPS) is 23.5. The van der Waals surface area contributed by atoms with Gasteiger partial charge in [-0.25, -0.2) is 0 Å². The molecule has 4 aromatic carbocycles. The van der Waals surface area contributed by atoms with E-state index in [1.54, 1.807) is 0 Å². The van der Waals surface area contributed by atoms with E-state index in [2.05, 4.69) is 169 Å². The molecule has 1 saturated heterocycles. The maximum atomic E-state index is 2.73. The zero-order valence-electron chi connectivity index (χ0n) is 27.3. The second kappa shape index (κ2) is 16.2. The van der Waals surface area contributed by atoms with Crippen molar-refractivity contribution in [2.45, 2.75) is 78.0 Å². The van der Waals surface area contributed by atoms with Gasteiger partial charge in [-0.1, -0.05) is 121 Å². The highest BCUT2D eigenvalue weighted by Crippen LogP contribution is 2.21. The van der Waals surface area contributed by atoms with Crippen LogP contribution in [0.1, 0.15) is 49.9 Å². The zero-order valence-corrected chi connectivity index (χ0v) is 27.3. The molecule has 0 aliphatic carbocycles. The van der Waals surface area contributed by atoms with E-state index in [0.717, 1.165) is 52.4 Å². The van der Waals surface area contributed by atoms with E-state index in [0.29, 0.717) is 24.2 Å². The summed E-state index contributed by atoms with van der Waals surface area (Å²) < 4.78 is 0. The van der Waals surface area contributed by atoms with Crippen molar-refractivity contribution in [3.8, 4) is 0 Å². The average Bonchev–Trinajstić information content (AvgIpc) is 3.05. The Morgan fingerprint density at radius 1 is 0.341 bits per heavy atom. The van der Waals surface area contributed by atoms with Crippen LogP contribution in [0.2, 0.25) is 0 Å². The fraction of sp³-hybridized carbons (Fsp3) is 0.400. The molecule has 5 rings (SSSR count). The van der Waals surface area contributed by atoms with Crippen molar-refractivity contribution in [2.24, 2.45) is 0 Å². The zero-order chi connectivity index (χ0) is 30.7. The number of nitrogens with zero attached hydrogens (tertiary/aromatic N) is 4. The van der Waals surface area contributed by atoms with Crippen molar-refractivity contribution in [3.05, 3.63) is 144 Å². The highest BCUT2D eigenvalue weighted by atomic mass is 15.3. The highest BCUT2D eigenvalue weighted by molar-refractivity contribution is 5.18. The first-order valence-corrected chi connectivity index (χ1v) is 16.6. The average molecular weight is 589 g/mol. The van der Waals surface area contributed by atoms with E-state index < -0.39 is 0 Å². The lowest BCUT2D eigenvalue weighted by Gasteiger charge is -2.44. The molecule has 1 aliphatic heterocycles. The Kier molecular flexibility index (Phi) is 11.8. The molecule has 0 amide bonds. The van der Waals surface area contributed by atoms with Crippen molar-refractivity contribution in [2.75, 3.05) is 26.2 Å². The maximum Gasteiger partial charge on any atom is 0.0237 e. The fourth-order valence-electron chi connectivity index (χ4n) is 6.69. The smallest absolute Gasteiger partial charge is 0.0237 e. The minimum Gasteiger partial charge on any atom is -0.294 e. The van der Waals surface area contributed by atoms with Crippen LogP contribution in [-0.2, 0) is 26.2 Å². The molecule has 0 radical (unpaired) electrons. The molecule has 44 heavy (non-hydrogen) atoms. The molecule has 1 fully saturated rings. The van der Waals surface area contributed by atoms with Gasteiger partial charge < -0.3 is 0 Å². The summed E-state index contributed by atoms with van der Waals surface area (Å²) in [5.41, 5.74) is 5.55. The highest BCUT2D eigenvalue weighted by Gasteiger charge is 2.30. The first-order chi connectivity index (χ1) is 21.4. The molecule has 0 aromatic heterocycles. The van der Waals surface area contributed by atoms with E-state index in [4.69, 9.17) is 0 Å². The molecule has 0 unspecified atom stereocenters. The Labute approximate surface area is 266 Å². The Morgan fingerprint density at radius 2 is 0.523 bits per heavy atom. The molecule has 0 N–H and O–H groups in total. The van der Waals surface area contributed by atoms with Crippen LogP contribution < -0.4 is 0 Å². The largest absolute Gasteiger partial charge is 0.294 e. The van der Waals surface area contributed by atoms with Gasteiger partial charge in [-0.3, -0.25) is 19.6 Å². The van der Waals surface area contributed by atoms with Crippen molar-refractivity contribution in [1.82, 2.24) is 19.6 Å². The van der Waals surface area contributed by atoms with E-state index in [1.807, 2.05) is 0 Å². The first-order valence-electron chi connectivity index (χ1n) is 16.6. The van der Waals surface area contributed by atoms with Crippen molar-refractivity contribution in [1.29, 1.82) is 0 Å². The van der Waals surface area contributed by atoms with Crippen LogP contribution in [0.3, 0.4) is 0 Å². The summed E-state index contributed by atoms with van der Waals surface area (Å²) in [4.78, 5) is 10.9. The summed E-state index contributed by atoms with van der Waals surface area (Å²) in [5, 5.41) is 0. The molecule has 0 spiro atoms. The number of hydrogen-bond acceptors (Lipinski definition) is 4. The number of benzene rings is 4. The van der Waals surface area contributed by atoms with Crippen LogP contribution in [0.15, 0.2) is 121 Å². The standard InChI is InChI=1S/C40H52N4/c1-33-25-42(30-38-19-11-6-12-20-38)35(3)27-44(32-40-23-15-8-16-24-40)36(4)28-43(31-39-21-13-7-14-22-39)34(2)26-41(33)29-37-17-9-5-10-18-37/h5-24,33-36H,25-32H2,1-4H3/t33-,34-,35-,36-/m0/s1. The predicted molar refractivity (Wildman–Crippen MR) is 185 cm³/mol. The van der Waals surface area contributed by atoms with Crippen molar-refractivity contribution >= 4 is 0 Å². The fourth-order valence-corrected chi connectivity index (χ4v) is 6.69. The topological polar surface area (TPSA) is 13.0 Å². The van der Waals surface area contributed by atoms with Crippen molar-refractivity contribution < 1.29 is 0 Å². The molecule has 4 atom stereocenters. The lowest BCUT2D eigenvalue weighted by molar-refractivity contribution is 0.0328. The molecule has 0 bridgehead atoms. The van der Waals surface area contributed by atoms with Gasteiger partial charge >= 0.3 is 0 Å². The molecule has 0 saturated carbocycles. The summed E-state index contributed by atoms with van der Waals surface area (Å²) in [6.45, 7) is 17.8. The SMILES string of the molecule is C[C@H]1CN(Cc2ccccc2)[C@@H](C)CN(Cc2ccccc2)[C@@H](C)CN(Cc2ccccc2)[C@@H](C)CN1Cc1ccccc1. The van der Waals surface area contributed by atoms with E-state index >= 15 is 0 Å². The Balaban J connectivity index is 1.47. The molecule has 4 nitrogen and oxygen atoms in total. The molecule has 1 aliphatic rings. The van der Waals surface area contributed by atoms with Gasteiger partial charge in [0.1, 0.15) is 0 Å².